The predicted octanol–water partition coefficient (Wildman–Crippen LogP) is 3.35. The molecule has 1 saturated carbocycles. The summed E-state index contributed by atoms with van der Waals surface area (Å²) in [5.41, 5.74) is -1.64. The van der Waals surface area contributed by atoms with E-state index in [0.29, 0.717) is 10.1 Å². The van der Waals surface area contributed by atoms with Crippen LogP contribution < -0.4 is 27.4 Å². The highest BCUT2D eigenvalue weighted by Gasteiger charge is 2.26. The first-order chi connectivity index (χ1) is 20.0. The minimum atomic E-state index is -1.44. The van der Waals surface area contributed by atoms with E-state index in [0.717, 1.165) is 22.0 Å². The number of aliphatic carboxylic acids is 1. The first-order valence-corrected chi connectivity index (χ1v) is 13.5. The maximum absolute atomic E-state index is 14.8. The van der Waals surface area contributed by atoms with E-state index >= 15 is 0 Å². The second kappa shape index (κ2) is 11.9. The molecule has 0 atom stereocenters. The van der Waals surface area contributed by atoms with E-state index < -0.39 is 35.1 Å². The van der Waals surface area contributed by atoms with Gasteiger partial charge in [0.25, 0.3) is 17.0 Å². The lowest BCUT2D eigenvalue weighted by Gasteiger charge is -2.20. The van der Waals surface area contributed by atoms with E-state index in [2.05, 4.69) is 10.6 Å². The molecule has 2 heterocycles. The largest absolute Gasteiger partial charge is 0.480 e. The molecule has 0 bridgehead atoms. The summed E-state index contributed by atoms with van der Waals surface area (Å²) in [5.74, 6) is -2.57. The lowest BCUT2D eigenvalue weighted by Crippen LogP contribution is -2.43. The smallest absolute Gasteiger partial charge is 0.336 e. The van der Waals surface area contributed by atoms with Crippen LogP contribution >= 0.6 is 0 Å². The van der Waals surface area contributed by atoms with Crippen molar-refractivity contribution in [3.63, 3.8) is 0 Å². The Balaban J connectivity index is 0.00000198. The molecule has 0 unspecified atom stereocenters. The summed E-state index contributed by atoms with van der Waals surface area (Å²) in [7, 11) is 1.38. The molecule has 0 aliphatic heterocycles. The van der Waals surface area contributed by atoms with Gasteiger partial charge < -0.3 is 15.7 Å². The SMILES string of the molecule is CC.Cc1ccc(Nc2c3c(=O)n(CC(=O)O)c(=O)n(-c4cccc(C(=O)NC5CC5)c4)c3c(C)c(=O)n2C)c(F)c1. The van der Waals surface area contributed by atoms with Gasteiger partial charge in [-0.2, -0.15) is 0 Å². The maximum Gasteiger partial charge on any atom is 0.336 e. The molecule has 42 heavy (non-hydrogen) atoms. The van der Waals surface area contributed by atoms with Crippen LogP contribution in [-0.4, -0.2) is 36.7 Å². The highest BCUT2D eigenvalue weighted by atomic mass is 19.1. The van der Waals surface area contributed by atoms with Crippen LogP contribution in [-0.2, 0) is 18.4 Å². The Morgan fingerprint density at radius 1 is 1.02 bits per heavy atom. The van der Waals surface area contributed by atoms with E-state index in [-0.39, 0.29) is 51.2 Å². The van der Waals surface area contributed by atoms with Gasteiger partial charge in [0.05, 0.1) is 16.9 Å². The van der Waals surface area contributed by atoms with Crippen LogP contribution in [0, 0.1) is 19.7 Å². The van der Waals surface area contributed by atoms with Crippen LogP contribution in [0.3, 0.4) is 0 Å². The molecule has 11 nitrogen and oxygen atoms in total. The molecule has 2 aromatic carbocycles. The lowest BCUT2D eigenvalue weighted by molar-refractivity contribution is -0.137. The molecule has 0 spiro atoms. The van der Waals surface area contributed by atoms with Gasteiger partial charge in [0.2, 0.25) is 0 Å². The molecule has 3 N–H and O–H groups in total. The first-order valence-electron chi connectivity index (χ1n) is 13.5. The van der Waals surface area contributed by atoms with Crippen LogP contribution in [0.2, 0.25) is 0 Å². The molecule has 5 rings (SSSR count). The van der Waals surface area contributed by atoms with Crippen molar-refractivity contribution in [2.75, 3.05) is 5.32 Å². The number of nitrogens with one attached hydrogen (secondary N) is 2. The number of amides is 1. The van der Waals surface area contributed by atoms with Gasteiger partial charge in [-0.15, -0.1) is 0 Å². The fourth-order valence-corrected chi connectivity index (χ4v) is 4.63. The summed E-state index contributed by atoms with van der Waals surface area (Å²) in [5, 5.41) is 15.0. The van der Waals surface area contributed by atoms with Crippen LogP contribution in [0.1, 0.15) is 48.2 Å². The van der Waals surface area contributed by atoms with Crippen molar-refractivity contribution in [1.82, 2.24) is 19.0 Å². The van der Waals surface area contributed by atoms with E-state index in [1.54, 1.807) is 25.1 Å². The zero-order valence-electron chi connectivity index (χ0n) is 23.9. The molecule has 0 radical (unpaired) electrons. The van der Waals surface area contributed by atoms with Gasteiger partial charge in [-0.25, -0.2) is 13.8 Å². The fourth-order valence-electron chi connectivity index (χ4n) is 4.63. The lowest BCUT2D eigenvalue weighted by atomic mass is 10.1. The Labute approximate surface area is 239 Å². The van der Waals surface area contributed by atoms with Crippen molar-refractivity contribution >= 4 is 34.3 Å². The average molecular weight is 578 g/mol. The molecule has 220 valence electrons. The summed E-state index contributed by atoms with van der Waals surface area (Å²) < 4.78 is 17.5. The number of carbonyl (C=O) groups excluding carboxylic acids is 1. The van der Waals surface area contributed by atoms with E-state index in [1.807, 2.05) is 13.8 Å². The number of hydrogen-bond donors (Lipinski definition) is 3. The van der Waals surface area contributed by atoms with Gasteiger partial charge in [0, 0.05) is 24.2 Å². The maximum atomic E-state index is 14.8. The van der Waals surface area contributed by atoms with Crippen LogP contribution in [0.5, 0.6) is 0 Å². The van der Waals surface area contributed by atoms with Crippen LogP contribution in [0.25, 0.3) is 16.6 Å². The second-order valence-corrected chi connectivity index (χ2v) is 9.87. The van der Waals surface area contributed by atoms with Crippen molar-refractivity contribution in [2.24, 2.45) is 7.05 Å². The Bertz CT molecular complexity index is 1900. The number of pyridine rings is 1. The summed E-state index contributed by atoms with van der Waals surface area (Å²) in [6, 6.07) is 10.5. The quantitative estimate of drug-likeness (QED) is 0.306. The van der Waals surface area contributed by atoms with E-state index in [1.165, 1.54) is 38.2 Å². The molecular formula is C30H32FN5O6. The van der Waals surface area contributed by atoms with Crippen LogP contribution in [0.15, 0.2) is 56.8 Å². The van der Waals surface area contributed by atoms with Crippen molar-refractivity contribution in [3.05, 3.63) is 96.2 Å². The number of rotatable bonds is 7. The highest BCUT2D eigenvalue weighted by Crippen LogP contribution is 2.27. The zero-order valence-corrected chi connectivity index (χ0v) is 23.9. The summed E-state index contributed by atoms with van der Waals surface area (Å²) >= 11 is 0. The third-order valence-electron chi connectivity index (χ3n) is 6.84. The Hall–Kier alpha value is -5.00. The summed E-state index contributed by atoms with van der Waals surface area (Å²) in [4.78, 5) is 65.2. The Morgan fingerprint density at radius 3 is 2.33 bits per heavy atom. The third-order valence-corrected chi connectivity index (χ3v) is 6.84. The number of aryl methyl sites for hydroxylation is 2. The van der Waals surface area contributed by atoms with E-state index in [4.69, 9.17) is 0 Å². The number of carboxylic acid groups (broad SMARTS) is 1. The number of halogens is 1. The predicted molar refractivity (Wildman–Crippen MR) is 158 cm³/mol. The normalized spacial score (nSPS) is 12.4. The van der Waals surface area contributed by atoms with Crippen molar-refractivity contribution in [3.8, 4) is 5.69 Å². The molecular weight excluding hydrogens is 545 g/mol. The third kappa shape index (κ3) is 5.60. The molecule has 1 aliphatic rings. The number of anilines is 2. The van der Waals surface area contributed by atoms with Gasteiger partial charge in [-0.3, -0.25) is 28.3 Å². The number of carboxylic acids is 1. The molecule has 2 aromatic heterocycles. The first kappa shape index (κ1) is 30.0. The van der Waals surface area contributed by atoms with Crippen molar-refractivity contribution < 1.29 is 19.1 Å². The highest BCUT2D eigenvalue weighted by molar-refractivity contribution is 5.96. The molecule has 1 amide bonds. The summed E-state index contributed by atoms with van der Waals surface area (Å²) in [6.45, 7) is 6.17. The standard InChI is InChI=1S/C28H26FN5O6.C2H6/c1-14-7-10-20(19(29)11-14)31-24-22-23(15(2)26(38)32(24)3)34(28(40)33(27(22)39)13-21(35)36)18-6-4-5-16(12-18)25(37)30-17-8-9-17;1-2/h4-7,10-12,17,31H,8-9,13H2,1-3H3,(H,30,37)(H,35,36);1-2H3. The molecule has 4 aromatic rings. The Kier molecular flexibility index (Phi) is 8.46. The number of nitrogens with zero attached hydrogens (tertiary/aromatic N) is 3. The zero-order chi connectivity index (χ0) is 30.9. The van der Waals surface area contributed by atoms with Crippen molar-refractivity contribution in [2.45, 2.75) is 53.1 Å². The molecule has 1 fully saturated rings. The molecule has 0 saturated heterocycles. The molecule has 1 aliphatic carbocycles. The summed E-state index contributed by atoms with van der Waals surface area (Å²) in [6.07, 6.45) is 1.74. The second-order valence-electron chi connectivity index (χ2n) is 9.87. The van der Waals surface area contributed by atoms with Gasteiger partial charge in [0.1, 0.15) is 23.6 Å². The van der Waals surface area contributed by atoms with Gasteiger partial charge >= 0.3 is 11.7 Å². The number of carbonyl (C=O) groups is 2. The molecule has 12 heteroatoms. The number of hydrogen-bond acceptors (Lipinski definition) is 6. The monoisotopic (exact) mass is 577 g/mol. The average Bonchev–Trinajstić information content (AvgIpc) is 3.78. The van der Waals surface area contributed by atoms with Gasteiger partial charge in [0.15, 0.2) is 0 Å². The number of aromatic nitrogens is 3. The van der Waals surface area contributed by atoms with Gasteiger partial charge in [-0.1, -0.05) is 26.0 Å². The van der Waals surface area contributed by atoms with Crippen molar-refractivity contribution in [1.29, 1.82) is 0 Å². The Morgan fingerprint density at radius 2 is 1.71 bits per heavy atom. The minimum absolute atomic E-state index is 0.0249. The fraction of sp³-hybridized carbons (Fsp3) is 0.300. The van der Waals surface area contributed by atoms with E-state index in [9.17, 15) is 33.5 Å². The topological polar surface area (TPSA) is 144 Å². The van der Waals surface area contributed by atoms with Gasteiger partial charge in [-0.05, 0) is 62.6 Å². The van der Waals surface area contributed by atoms with Crippen LogP contribution in [0.4, 0.5) is 15.9 Å². The number of fused-ring (bicyclic) bond motifs is 1. The number of benzene rings is 2. The minimum Gasteiger partial charge on any atom is -0.480 e.